The number of hydrogen-bond donors (Lipinski definition) is 1. The molecule has 0 saturated heterocycles. The number of likely N-dealkylation sites (N-methyl/N-ethyl adjacent to an activating group) is 2. The summed E-state index contributed by atoms with van der Waals surface area (Å²) in [5.74, 6) is -0.440. The summed E-state index contributed by atoms with van der Waals surface area (Å²) < 4.78 is 14.4. The standard InChI is InChI=1S/C14H17FN4O/c1-16-8-10-18(2)14(20)13-7-9-19(17-13)12-5-3-11(15)4-6-12/h3-7,9,16H,8,10H2,1-2H3. The molecule has 1 heterocycles. The van der Waals surface area contributed by atoms with Crippen molar-refractivity contribution < 1.29 is 9.18 Å². The minimum atomic E-state index is -0.302. The predicted octanol–water partition coefficient (Wildman–Crippen LogP) is 1.30. The van der Waals surface area contributed by atoms with Gasteiger partial charge in [-0.1, -0.05) is 0 Å². The summed E-state index contributed by atoms with van der Waals surface area (Å²) in [5.41, 5.74) is 1.08. The zero-order chi connectivity index (χ0) is 14.5. The molecule has 0 radical (unpaired) electrons. The number of benzene rings is 1. The summed E-state index contributed by atoms with van der Waals surface area (Å²) in [4.78, 5) is 13.7. The first kappa shape index (κ1) is 14.2. The molecule has 0 unspecified atom stereocenters. The maximum absolute atomic E-state index is 12.9. The molecule has 5 nitrogen and oxygen atoms in total. The molecule has 0 bridgehead atoms. The second-order valence-corrected chi connectivity index (χ2v) is 4.45. The van der Waals surface area contributed by atoms with E-state index in [9.17, 15) is 9.18 Å². The van der Waals surface area contributed by atoms with E-state index in [2.05, 4.69) is 10.4 Å². The van der Waals surface area contributed by atoms with Crippen molar-refractivity contribution in [1.82, 2.24) is 20.0 Å². The Hall–Kier alpha value is -2.21. The lowest BCUT2D eigenvalue weighted by Crippen LogP contribution is -2.33. The van der Waals surface area contributed by atoms with Gasteiger partial charge in [0.1, 0.15) is 5.82 Å². The Morgan fingerprint density at radius 2 is 2.05 bits per heavy atom. The molecule has 2 aromatic rings. The molecule has 106 valence electrons. The third-order valence-corrected chi connectivity index (χ3v) is 2.94. The maximum atomic E-state index is 12.9. The van der Waals surface area contributed by atoms with Crippen molar-refractivity contribution in [2.24, 2.45) is 0 Å². The third kappa shape index (κ3) is 3.21. The number of rotatable bonds is 5. The quantitative estimate of drug-likeness (QED) is 0.895. The monoisotopic (exact) mass is 276 g/mol. The molecule has 0 atom stereocenters. The van der Waals surface area contributed by atoms with Crippen LogP contribution in [-0.2, 0) is 0 Å². The third-order valence-electron chi connectivity index (χ3n) is 2.94. The molecule has 1 N–H and O–H groups in total. The zero-order valence-electron chi connectivity index (χ0n) is 11.5. The van der Waals surface area contributed by atoms with Crippen molar-refractivity contribution in [1.29, 1.82) is 0 Å². The van der Waals surface area contributed by atoms with Crippen LogP contribution >= 0.6 is 0 Å². The van der Waals surface area contributed by atoms with Gasteiger partial charge in [0.2, 0.25) is 0 Å². The number of nitrogens with zero attached hydrogens (tertiary/aromatic N) is 3. The number of hydrogen-bond acceptors (Lipinski definition) is 3. The van der Waals surface area contributed by atoms with Crippen LogP contribution in [-0.4, -0.2) is 47.8 Å². The Labute approximate surface area is 117 Å². The van der Waals surface area contributed by atoms with Gasteiger partial charge in [0.25, 0.3) is 5.91 Å². The van der Waals surface area contributed by atoms with Gasteiger partial charge in [0, 0.05) is 26.3 Å². The highest BCUT2D eigenvalue weighted by molar-refractivity contribution is 5.92. The van der Waals surface area contributed by atoms with Crippen molar-refractivity contribution in [3.8, 4) is 5.69 Å². The van der Waals surface area contributed by atoms with Crippen LogP contribution in [0.1, 0.15) is 10.5 Å². The smallest absolute Gasteiger partial charge is 0.274 e. The van der Waals surface area contributed by atoms with E-state index in [1.54, 1.807) is 41.0 Å². The summed E-state index contributed by atoms with van der Waals surface area (Å²) in [7, 11) is 3.57. The highest BCUT2D eigenvalue weighted by atomic mass is 19.1. The van der Waals surface area contributed by atoms with E-state index in [0.717, 1.165) is 6.54 Å². The summed E-state index contributed by atoms with van der Waals surface area (Å²) in [6.45, 7) is 1.33. The van der Waals surface area contributed by atoms with E-state index in [1.165, 1.54) is 12.1 Å². The molecule has 20 heavy (non-hydrogen) atoms. The lowest BCUT2D eigenvalue weighted by atomic mass is 10.3. The molecular weight excluding hydrogens is 259 g/mol. The van der Waals surface area contributed by atoms with Crippen LogP contribution in [0.5, 0.6) is 0 Å². The minimum Gasteiger partial charge on any atom is -0.339 e. The zero-order valence-corrected chi connectivity index (χ0v) is 11.5. The van der Waals surface area contributed by atoms with E-state index in [0.29, 0.717) is 17.9 Å². The number of halogens is 1. The van der Waals surface area contributed by atoms with E-state index in [4.69, 9.17) is 0 Å². The minimum absolute atomic E-state index is 0.138. The lowest BCUT2D eigenvalue weighted by molar-refractivity contribution is 0.0790. The van der Waals surface area contributed by atoms with Gasteiger partial charge in [-0.3, -0.25) is 4.79 Å². The van der Waals surface area contributed by atoms with E-state index in [1.807, 2.05) is 7.05 Å². The van der Waals surface area contributed by atoms with E-state index in [-0.39, 0.29) is 11.7 Å². The summed E-state index contributed by atoms with van der Waals surface area (Å²) >= 11 is 0. The van der Waals surface area contributed by atoms with Crippen molar-refractivity contribution in [2.75, 3.05) is 27.2 Å². The first-order chi connectivity index (χ1) is 9.61. The van der Waals surface area contributed by atoms with Crippen LogP contribution in [0.4, 0.5) is 4.39 Å². The summed E-state index contributed by atoms with van der Waals surface area (Å²) in [6, 6.07) is 7.60. The molecular formula is C14H17FN4O. The van der Waals surface area contributed by atoms with Crippen LogP contribution in [0.3, 0.4) is 0 Å². The van der Waals surface area contributed by atoms with Crippen LogP contribution in [0.25, 0.3) is 5.69 Å². The fourth-order valence-electron chi connectivity index (χ4n) is 1.75. The molecule has 1 amide bonds. The number of carbonyl (C=O) groups is 1. The first-order valence-corrected chi connectivity index (χ1v) is 6.33. The molecule has 6 heteroatoms. The highest BCUT2D eigenvalue weighted by Gasteiger charge is 2.14. The molecule has 0 aliphatic heterocycles. The number of amides is 1. The van der Waals surface area contributed by atoms with E-state index >= 15 is 0 Å². The molecule has 0 fully saturated rings. The number of carbonyl (C=O) groups excluding carboxylic acids is 1. The second kappa shape index (κ2) is 6.29. The SMILES string of the molecule is CNCCN(C)C(=O)c1ccn(-c2ccc(F)cc2)n1. The topological polar surface area (TPSA) is 50.2 Å². The Morgan fingerprint density at radius 3 is 2.70 bits per heavy atom. The fraction of sp³-hybridized carbons (Fsp3) is 0.286. The Kier molecular flexibility index (Phi) is 4.47. The van der Waals surface area contributed by atoms with Gasteiger partial charge >= 0.3 is 0 Å². The Bertz CT molecular complexity index is 579. The molecule has 2 rings (SSSR count). The lowest BCUT2D eigenvalue weighted by Gasteiger charge is -2.15. The highest BCUT2D eigenvalue weighted by Crippen LogP contribution is 2.09. The van der Waals surface area contributed by atoms with Crippen LogP contribution in [0.2, 0.25) is 0 Å². The van der Waals surface area contributed by atoms with Gasteiger partial charge in [-0.2, -0.15) is 5.10 Å². The van der Waals surface area contributed by atoms with E-state index < -0.39 is 0 Å². The summed E-state index contributed by atoms with van der Waals surface area (Å²) in [5, 5.41) is 7.21. The number of aromatic nitrogens is 2. The van der Waals surface area contributed by atoms with Gasteiger partial charge in [0.05, 0.1) is 5.69 Å². The van der Waals surface area contributed by atoms with Gasteiger partial charge in [-0.25, -0.2) is 9.07 Å². The van der Waals surface area contributed by atoms with Gasteiger partial charge in [-0.05, 0) is 37.4 Å². The average molecular weight is 276 g/mol. The largest absolute Gasteiger partial charge is 0.339 e. The molecule has 0 spiro atoms. The molecule has 1 aromatic carbocycles. The van der Waals surface area contributed by atoms with Crippen LogP contribution < -0.4 is 5.32 Å². The second-order valence-electron chi connectivity index (χ2n) is 4.45. The maximum Gasteiger partial charge on any atom is 0.274 e. The molecule has 0 saturated carbocycles. The average Bonchev–Trinajstić information content (AvgIpc) is 2.94. The van der Waals surface area contributed by atoms with Crippen molar-refractivity contribution >= 4 is 5.91 Å². The van der Waals surface area contributed by atoms with Gasteiger partial charge < -0.3 is 10.2 Å². The number of nitrogens with one attached hydrogen (secondary N) is 1. The fourth-order valence-corrected chi connectivity index (χ4v) is 1.75. The molecule has 0 aliphatic carbocycles. The van der Waals surface area contributed by atoms with Crippen LogP contribution in [0, 0.1) is 5.82 Å². The molecule has 0 aliphatic rings. The Morgan fingerprint density at radius 1 is 1.35 bits per heavy atom. The predicted molar refractivity (Wildman–Crippen MR) is 74.4 cm³/mol. The normalized spacial score (nSPS) is 10.6. The summed E-state index contributed by atoms with van der Waals surface area (Å²) in [6.07, 6.45) is 1.69. The first-order valence-electron chi connectivity index (χ1n) is 6.33. The Balaban J connectivity index is 2.12. The molecule has 1 aromatic heterocycles. The van der Waals surface area contributed by atoms with Crippen molar-refractivity contribution in [3.05, 3.63) is 48.0 Å². The van der Waals surface area contributed by atoms with Crippen molar-refractivity contribution in [2.45, 2.75) is 0 Å². The van der Waals surface area contributed by atoms with Gasteiger partial charge in [0.15, 0.2) is 5.69 Å². The van der Waals surface area contributed by atoms with Crippen LogP contribution in [0.15, 0.2) is 36.5 Å². The van der Waals surface area contributed by atoms with Gasteiger partial charge in [-0.15, -0.1) is 0 Å². The van der Waals surface area contributed by atoms with Crippen molar-refractivity contribution in [3.63, 3.8) is 0 Å².